The summed E-state index contributed by atoms with van der Waals surface area (Å²) in [6.45, 7) is 3.79. The highest BCUT2D eigenvalue weighted by Crippen LogP contribution is 2.20. The summed E-state index contributed by atoms with van der Waals surface area (Å²) >= 11 is 1.50. The number of para-hydroxylation sites is 1. The molecule has 1 N–H and O–H groups in total. The lowest BCUT2D eigenvalue weighted by Gasteiger charge is -2.09. The average Bonchev–Trinajstić information content (AvgIpc) is 2.76. The van der Waals surface area contributed by atoms with Gasteiger partial charge in [0.1, 0.15) is 0 Å². The number of aryl methyl sites for hydroxylation is 2. The largest absolute Gasteiger partial charge is 0.465 e. The molecular formula is C15H16N2O3S. The number of carbonyl (C=O) groups is 2. The van der Waals surface area contributed by atoms with Crippen LogP contribution in [-0.2, 0) is 16.0 Å². The SMILES string of the molecule is COC(=O)c1ccccc1NC(=O)Cc1sc(C)nc1C. The molecule has 6 heteroatoms. The highest BCUT2D eigenvalue weighted by Gasteiger charge is 2.15. The minimum Gasteiger partial charge on any atom is -0.465 e. The van der Waals surface area contributed by atoms with Gasteiger partial charge in [-0.2, -0.15) is 0 Å². The highest BCUT2D eigenvalue weighted by atomic mass is 32.1. The lowest BCUT2D eigenvalue weighted by molar-refractivity contribution is -0.115. The van der Waals surface area contributed by atoms with E-state index in [2.05, 4.69) is 10.3 Å². The summed E-state index contributed by atoms with van der Waals surface area (Å²) in [5, 5.41) is 3.69. The Kier molecular flexibility index (Phi) is 4.70. The van der Waals surface area contributed by atoms with Crippen LogP contribution < -0.4 is 5.32 Å². The Morgan fingerprint density at radius 3 is 2.62 bits per heavy atom. The summed E-state index contributed by atoms with van der Waals surface area (Å²) in [5.74, 6) is -0.659. The van der Waals surface area contributed by atoms with Crippen LogP contribution in [0.2, 0.25) is 0 Å². The molecule has 2 aromatic rings. The Balaban J connectivity index is 2.13. The monoisotopic (exact) mass is 304 g/mol. The minimum absolute atomic E-state index is 0.182. The van der Waals surface area contributed by atoms with Crippen molar-refractivity contribution in [3.8, 4) is 0 Å². The van der Waals surface area contributed by atoms with Gasteiger partial charge in [0.2, 0.25) is 5.91 Å². The normalized spacial score (nSPS) is 10.2. The number of ether oxygens (including phenoxy) is 1. The molecule has 0 aliphatic rings. The molecule has 0 radical (unpaired) electrons. The van der Waals surface area contributed by atoms with Crippen molar-refractivity contribution in [2.75, 3.05) is 12.4 Å². The van der Waals surface area contributed by atoms with Crippen molar-refractivity contribution >= 4 is 28.9 Å². The van der Waals surface area contributed by atoms with Crippen molar-refractivity contribution in [1.29, 1.82) is 0 Å². The number of nitrogens with one attached hydrogen (secondary N) is 1. The van der Waals surface area contributed by atoms with E-state index in [1.165, 1.54) is 18.4 Å². The molecule has 1 aromatic carbocycles. The number of benzene rings is 1. The Morgan fingerprint density at radius 2 is 2.00 bits per heavy atom. The number of carbonyl (C=O) groups excluding carboxylic acids is 2. The van der Waals surface area contributed by atoms with Gasteiger partial charge in [-0.3, -0.25) is 4.79 Å². The van der Waals surface area contributed by atoms with Gasteiger partial charge in [-0.25, -0.2) is 9.78 Å². The lowest BCUT2D eigenvalue weighted by Crippen LogP contribution is -2.17. The van der Waals surface area contributed by atoms with Crippen LogP contribution in [0.25, 0.3) is 0 Å². The molecule has 0 unspecified atom stereocenters. The Morgan fingerprint density at radius 1 is 1.29 bits per heavy atom. The number of anilines is 1. The molecule has 1 amide bonds. The molecule has 0 aliphatic carbocycles. The third kappa shape index (κ3) is 3.66. The number of hydrogen-bond acceptors (Lipinski definition) is 5. The van der Waals surface area contributed by atoms with Gasteiger partial charge in [-0.05, 0) is 26.0 Å². The molecular weight excluding hydrogens is 288 g/mol. The first-order valence-corrected chi connectivity index (χ1v) is 7.23. The van der Waals surface area contributed by atoms with Gasteiger partial charge in [0, 0.05) is 4.88 Å². The van der Waals surface area contributed by atoms with Gasteiger partial charge in [0.25, 0.3) is 0 Å². The van der Waals surface area contributed by atoms with Crippen molar-refractivity contribution in [3.05, 3.63) is 45.4 Å². The van der Waals surface area contributed by atoms with Gasteiger partial charge >= 0.3 is 5.97 Å². The van der Waals surface area contributed by atoms with Crippen LogP contribution in [-0.4, -0.2) is 24.0 Å². The standard InChI is InChI=1S/C15H16N2O3S/c1-9-13(21-10(2)16-9)8-14(18)17-12-7-5-4-6-11(12)15(19)20-3/h4-7H,8H2,1-3H3,(H,17,18). The van der Waals surface area contributed by atoms with Crippen molar-refractivity contribution < 1.29 is 14.3 Å². The molecule has 1 heterocycles. The van der Waals surface area contributed by atoms with Crippen LogP contribution in [0.15, 0.2) is 24.3 Å². The zero-order chi connectivity index (χ0) is 15.4. The Hall–Kier alpha value is -2.21. The van der Waals surface area contributed by atoms with Gasteiger partial charge in [0.15, 0.2) is 0 Å². The fourth-order valence-electron chi connectivity index (χ4n) is 1.96. The number of amides is 1. The van der Waals surface area contributed by atoms with E-state index >= 15 is 0 Å². The zero-order valence-corrected chi connectivity index (χ0v) is 12.9. The van der Waals surface area contributed by atoms with E-state index in [1.54, 1.807) is 24.3 Å². The van der Waals surface area contributed by atoms with Crippen molar-refractivity contribution in [3.63, 3.8) is 0 Å². The minimum atomic E-state index is -0.476. The van der Waals surface area contributed by atoms with Crippen molar-refractivity contribution in [2.45, 2.75) is 20.3 Å². The van der Waals surface area contributed by atoms with Gasteiger partial charge in [-0.1, -0.05) is 12.1 Å². The highest BCUT2D eigenvalue weighted by molar-refractivity contribution is 7.11. The van der Waals surface area contributed by atoms with Gasteiger partial charge < -0.3 is 10.1 Å². The van der Waals surface area contributed by atoms with E-state index in [0.717, 1.165) is 15.6 Å². The second-order valence-electron chi connectivity index (χ2n) is 4.50. The maximum Gasteiger partial charge on any atom is 0.339 e. The summed E-state index contributed by atoms with van der Waals surface area (Å²) in [4.78, 5) is 29.0. The van der Waals surface area contributed by atoms with E-state index in [0.29, 0.717) is 11.3 Å². The van der Waals surface area contributed by atoms with Crippen molar-refractivity contribution in [1.82, 2.24) is 4.98 Å². The second kappa shape index (κ2) is 6.49. The number of hydrogen-bond donors (Lipinski definition) is 1. The molecule has 0 saturated heterocycles. The van der Waals surface area contributed by atoms with E-state index < -0.39 is 5.97 Å². The number of methoxy groups -OCH3 is 1. The van der Waals surface area contributed by atoms with Crippen LogP contribution in [0.3, 0.4) is 0 Å². The van der Waals surface area contributed by atoms with Gasteiger partial charge in [-0.15, -0.1) is 11.3 Å². The number of thiazole rings is 1. The molecule has 21 heavy (non-hydrogen) atoms. The Bertz CT molecular complexity index is 679. The molecule has 0 saturated carbocycles. The van der Waals surface area contributed by atoms with Crippen LogP contribution >= 0.6 is 11.3 Å². The summed E-state index contributed by atoms with van der Waals surface area (Å²) in [6, 6.07) is 6.77. The predicted octanol–water partition coefficient (Wildman–Crippen LogP) is 2.73. The third-order valence-corrected chi connectivity index (χ3v) is 4.00. The number of rotatable bonds is 4. The molecule has 0 spiro atoms. The molecule has 0 bridgehead atoms. The molecule has 1 aromatic heterocycles. The summed E-state index contributed by atoms with van der Waals surface area (Å²) in [6.07, 6.45) is 0.243. The first kappa shape index (κ1) is 15.2. The fourth-order valence-corrected chi connectivity index (χ4v) is 2.89. The predicted molar refractivity (Wildman–Crippen MR) is 81.7 cm³/mol. The Labute approximate surface area is 127 Å². The smallest absolute Gasteiger partial charge is 0.339 e. The number of aromatic nitrogens is 1. The quantitative estimate of drug-likeness (QED) is 0.882. The lowest BCUT2D eigenvalue weighted by atomic mass is 10.1. The molecule has 2 rings (SSSR count). The van der Waals surface area contributed by atoms with Gasteiger partial charge in [0.05, 0.1) is 35.5 Å². The molecule has 110 valence electrons. The first-order valence-electron chi connectivity index (χ1n) is 6.41. The average molecular weight is 304 g/mol. The topological polar surface area (TPSA) is 68.3 Å². The van der Waals surface area contributed by atoms with E-state index in [-0.39, 0.29) is 12.3 Å². The second-order valence-corrected chi connectivity index (χ2v) is 5.79. The van der Waals surface area contributed by atoms with Crippen molar-refractivity contribution in [2.24, 2.45) is 0 Å². The molecule has 5 nitrogen and oxygen atoms in total. The third-order valence-electron chi connectivity index (χ3n) is 2.93. The maximum atomic E-state index is 12.1. The van der Waals surface area contributed by atoms with E-state index in [4.69, 9.17) is 4.74 Å². The summed E-state index contributed by atoms with van der Waals surface area (Å²) in [5.41, 5.74) is 1.66. The van der Waals surface area contributed by atoms with E-state index in [9.17, 15) is 9.59 Å². The summed E-state index contributed by atoms with van der Waals surface area (Å²) in [7, 11) is 1.31. The van der Waals surface area contributed by atoms with Crippen LogP contribution in [0.4, 0.5) is 5.69 Å². The maximum absolute atomic E-state index is 12.1. The van der Waals surface area contributed by atoms with Crippen LogP contribution in [0, 0.1) is 13.8 Å². The van der Waals surface area contributed by atoms with Crippen LogP contribution in [0.1, 0.15) is 25.9 Å². The number of esters is 1. The first-order chi connectivity index (χ1) is 10.0. The van der Waals surface area contributed by atoms with Crippen LogP contribution in [0.5, 0.6) is 0 Å². The number of nitrogens with zero attached hydrogens (tertiary/aromatic N) is 1. The zero-order valence-electron chi connectivity index (χ0n) is 12.1. The summed E-state index contributed by atoms with van der Waals surface area (Å²) < 4.78 is 4.70. The fraction of sp³-hybridized carbons (Fsp3) is 0.267. The molecule has 0 aliphatic heterocycles. The molecule has 0 fully saturated rings. The molecule has 0 atom stereocenters. The van der Waals surface area contributed by atoms with E-state index in [1.807, 2.05) is 13.8 Å².